The minimum atomic E-state index is -0.525. The van der Waals surface area contributed by atoms with Crippen molar-refractivity contribution in [1.82, 2.24) is 0 Å². The van der Waals surface area contributed by atoms with Gasteiger partial charge in [-0.25, -0.2) is 14.2 Å². The summed E-state index contributed by atoms with van der Waals surface area (Å²) in [6, 6.07) is 22.8. The van der Waals surface area contributed by atoms with Gasteiger partial charge in [-0.3, -0.25) is 0 Å². The van der Waals surface area contributed by atoms with Crippen LogP contribution in [0, 0.1) is 5.82 Å². The van der Waals surface area contributed by atoms with Crippen LogP contribution in [-0.4, -0.2) is 11.9 Å². The van der Waals surface area contributed by atoms with E-state index in [2.05, 4.69) is 4.99 Å². The summed E-state index contributed by atoms with van der Waals surface area (Å²) >= 11 is 0. The van der Waals surface area contributed by atoms with Crippen LogP contribution in [0.5, 0.6) is 5.75 Å². The van der Waals surface area contributed by atoms with Gasteiger partial charge in [0.15, 0.2) is 5.70 Å². The van der Waals surface area contributed by atoms with Gasteiger partial charge in [0.1, 0.15) is 18.2 Å². The summed E-state index contributed by atoms with van der Waals surface area (Å²) in [6.45, 7) is 0.0792. The van der Waals surface area contributed by atoms with Crippen molar-refractivity contribution in [2.45, 2.75) is 6.61 Å². The molecule has 0 N–H and O–H groups in total. The summed E-state index contributed by atoms with van der Waals surface area (Å²) in [5, 5.41) is 0. The molecule has 4 nitrogen and oxygen atoms in total. The van der Waals surface area contributed by atoms with E-state index in [4.69, 9.17) is 9.47 Å². The highest BCUT2D eigenvalue weighted by Gasteiger charge is 2.24. The fraction of sp³-hybridized carbons (Fsp3) is 0.0435. The maximum atomic E-state index is 13.8. The summed E-state index contributed by atoms with van der Waals surface area (Å²) in [4.78, 5) is 16.5. The lowest BCUT2D eigenvalue weighted by molar-refractivity contribution is -0.129. The van der Waals surface area contributed by atoms with E-state index in [1.165, 1.54) is 6.07 Å². The van der Waals surface area contributed by atoms with Crippen molar-refractivity contribution in [3.05, 3.63) is 107 Å². The average Bonchev–Trinajstić information content (AvgIpc) is 3.09. The highest BCUT2D eigenvalue weighted by Crippen LogP contribution is 2.25. The number of esters is 1. The average molecular weight is 373 g/mol. The van der Waals surface area contributed by atoms with Crippen LogP contribution in [0.15, 0.2) is 89.6 Å². The van der Waals surface area contributed by atoms with Gasteiger partial charge in [-0.05, 0) is 30.3 Å². The molecule has 0 aliphatic carbocycles. The molecule has 0 unspecified atom stereocenters. The number of carbonyl (C=O) groups excluding carboxylic acids is 1. The summed E-state index contributed by atoms with van der Waals surface area (Å²) in [5.41, 5.74) is 2.02. The summed E-state index contributed by atoms with van der Waals surface area (Å²) < 4.78 is 24.9. The number of rotatable bonds is 5. The molecule has 0 radical (unpaired) electrons. The molecule has 28 heavy (non-hydrogen) atoms. The molecule has 3 aromatic carbocycles. The van der Waals surface area contributed by atoms with E-state index in [0.717, 1.165) is 5.56 Å². The molecule has 1 aliphatic heterocycles. The largest absolute Gasteiger partial charge is 0.488 e. The summed E-state index contributed by atoms with van der Waals surface area (Å²) in [6.07, 6.45) is 1.61. The lowest BCUT2D eigenvalue weighted by Gasteiger charge is -2.10. The molecule has 138 valence electrons. The molecule has 4 rings (SSSR count). The highest BCUT2D eigenvalue weighted by atomic mass is 19.1. The zero-order chi connectivity index (χ0) is 19.3. The molecule has 3 aromatic rings. The Morgan fingerprint density at radius 1 is 0.929 bits per heavy atom. The lowest BCUT2D eigenvalue weighted by atomic mass is 10.1. The van der Waals surface area contributed by atoms with Gasteiger partial charge >= 0.3 is 5.97 Å². The zero-order valence-electron chi connectivity index (χ0n) is 14.8. The lowest BCUT2D eigenvalue weighted by Crippen LogP contribution is -2.05. The van der Waals surface area contributed by atoms with Crippen LogP contribution < -0.4 is 4.74 Å². The van der Waals surface area contributed by atoms with E-state index in [-0.39, 0.29) is 24.0 Å². The molecule has 1 aliphatic rings. The Kier molecular flexibility index (Phi) is 4.97. The zero-order valence-corrected chi connectivity index (χ0v) is 14.8. The number of benzene rings is 3. The van der Waals surface area contributed by atoms with Gasteiger partial charge in [0, 0.05) is 16.7 Å². The van der Waals surface area contributed by atoms with E-state index in [9.17, 15) is 9.18 Å². The highest BCUT2D eigenvalue weighted by molar-refractivity contribution is 6.12. The van der Waals surface area contributed by atoms with Gasteiger partial charge in [-0.1, -0.05) is 54.6 Å². The Hall–Kier alpha value is -3.73. The maximum Gasteiger partial charge on any atom is 0.363 e. The third kappa shape index (κ3) is 3.83. The first-order chi connectivity index (χ1) is 13.7. The first kappa shape index (κ1) is 17.7. The number of hydrogen-bond donors (Lipinski definition) is 0. The molecule has 0 atom stereocenters. The van der Waals surface area contributed by atoms with E-state index >= 15 is 0 Å². The fourth-order valence-corrected chi connectivity index (χ4v) is 2.76. The second-order valence-electron chi connectivity index (χ2n) is 6.12. The molecule has 0 amide bonds. The fourth-order valence-electron chi connectivity index (χ4n) is 2.76. The van der Waals surface area contributed by atoms with Crippen LogP contribution in [0.2, 0.25) is 0 Å². The molecule has 0 spiro atoms. The third-order valence-electron chi connectivity index (χ3n) is 4.19. The molecule has 0 saturated heterocycles. The first-order valence-electron chi connectivity index (χ1n) is 8.74. The van der Waals surface area contributed by atoms with Gasteiger partial charge in [0.2, 0.25) is 5.90 Å². The van der Waals surface area contributed by atoms with Gasteiger partial charge in [0.05, 0.1) is 0 Å². The quantitative estimate of drug-likeness (QED) is 0.479. The number of aliphatic imine (C=N–C) groups is 1. The Balaban J connectivity index is 1.59. The number of carbonyl (C=O) groups is 1. The van der Waals surface area contributed by atoms with Gasteiger partial charge in [-0.15, -0.1) is 0 Å². The molecule has 1 heterocycles. The van der Waals surface area contributed by atoms with Crippen LogP contribution in [0.25, 0.3) is 6.08 Å². The van der Waals surface area contributed by atoms with E-state index in [1.807, 2.05) is 42.5 Å². The van der Waals surface area contributed by atoms with Crippen LogP contribution in [0.1, 0.15) is 16.7 Å². The second-order valence-corrected chi connectivity index (χ2v) is 6.12. The number of hydrogen-bond acceptors (Lipinski definition) is 4. The number of halogens is 1. The minimum Gasteiger partial charge on any atom is -0.488 e. The van der Waals surface area contributed by atoms with Crippen molar-refractivity contribution in [3.8, 4) is 5.75 Å². The first-order valence-corrected chi connectivity index (χ1v) is 8.74. The van der Waals surface area contributed by atoms with Crippen LogP contribution >= 0.6 is 0 Å². The standard InChI is InChI=1S/C23H16FNO3/c24-19-12-6-4-11-18(19)15-27-21-13-7-5-10-17(21)14-20-23(26)28-22(25-20)16-8-2-1-3-9-16/h1-14H,15H2/b20-14+. The Labute approximate surface area is 161 Å². The van der Waals surface area contributed by atoms with E-state index < -0.39 is 5.97 Å². The number of ether oxygens (including phenoxy) is 2. The van der Waals surface area contributed by atoms with Gasteiger partial charge < -0.3 is 9.47 Å². The van der Waals surface area contributed by atoms with Crippen molar-refractivity contribution in [2.75, 3.05) is 0 Å². The molecular formula is C23H16FNO3. The Morgan fingerprint density at radius 3 is 2.46 bits per heavy atom. The molecular weight excluding hydrogens is 357 g/mol. The minimum absolute atomic E-state index is 0.0792. The topological polar surface area (TPSA) is 47.9 Å². The van der Waals surface area contributed by atoms with Crippen molar-refractivity contribution in [3.63, 3.8) is 0 Å². The van der Waals surface area contributed by atoms with E-state index in [0.29, 0.717) is 16.9 Å². The van der Waals surface area contributed by atoms with E-state index in [1.54, 1.807) is 36.4 Å². The van der Waals surface area contributed by atoms with Crippen molar-refractivity contribution >= 4 is 17.9 Å². The molecule has 5 heteroatoms. The molecule has 0 fully saturated rings. The Morgan fingerprint density at radius 2 is 1.64 bits per heavy atom. The predicted molar refractivity (Wildman–Crippen MR) is 104 cm³/mol. The summed E-state index contributed by atoms with van der Waals surface area (Å²) in [5.74, 6) is -0.0615. The second kappa shape index (κ2) is 7.88. The molecule has 0 saturated carbocycles. The van der Waals surface area contributed by atoms with Crippen molar-refractivity contribution < 1.29 is 18.7 Å². The number of nitrogens with zero attached hydrogens (tertiary/aromatic N) is 1. The van der Waals surface area contributed by atoms with Crippen LogP contribution in [-0.2, 0) is 16.1 Å². The van der Waals surface area contributed by atoms with Gasteiger partial charge in [-0.2, -0.15) is 0 Å². The van der Waals surface area contributed by atoms with Crippen molar-refractivity contribution in [1.29, 1.82) is 0 Å². The molecule has 0 aromatic heterocycles. The van der Waals surface area contributed by atoms with Crippen molar-refractivity contribution in [2.24, 2.45) is 4.99 Å². The monoisotopic (exact) mass is 373 g/mol. The van der Waals surface area contributed by atoms with Crippen LogP contribution in [0.3, 0.4) is 0 Å². The normalized spacial score (nSPS) is 14.7. The van der Waals surface area contributed by atoms with Crippen LogP contribution in [0.4, 0.5) is 4.39 Å². The van der Waals surface area contributed by atoms with Gasteiger partial charge in [0.25, 0.3) is 0 Å². The summed E-state index contributed by atoms with van der Waals surface area (Å²) in [7, 11) is 0. The number of cyclic esters (lactones) is 1. The Bertz CT molecular complexity index is 1070. The predicted octanol–water partition coefficient (Wildman–Crippen LogP) is 4.75. The number of para-hydroxylation sites is 1. The maximum absolute atomic E-state index is 13.8. The SMILES string of the molecule is O=C1OC(c2ccccc2)=N/C1=C/c1ccccc1OCc1ccccc1F. The third-order valence-corrected chi connectivity index (χ3v) is 4.19. The molecule has 0 bridgehead atoms. The smallest absolute Gasteiger partial charge is 0.363 e.